The van der Waals surface area contributed by atoms with Crippen LogP contribution in [0.3, 0.4) is 0 Å². The molecule has 2 heterocycles. The van der Waals surface area contributed by atoms with E-state index in [4.69, 9.17) is 17.3 Å². The van der Waals surface area contributed by atoms with Gasteiger partial charge in [-0.3, -0.25) is 0 Å². The maximum atomic E-state index is 5.83. The summed E-state index contributed by atoms with van der Waals surface area (Å²) in [6.45, 7) is 0.919. The van der Waals surface area contributed by atoms with E-state index in [0.717, 1.165) is 6.54 Å². The third-order valence-electron chi connectivity index (χ3n) is 2.66. The van der Waals surface area contributed by atoms with Crippen LogP contribution in [0, 0.1) is 0 Å². The molecule has 3 nitrogen and oxygen atoms in total. The third-order valence-corrected chi connectivity index (χ3v) is 4.27. The summed E-state index contributed by atoms with van der Waals surface area (Å²) in [6.07, 6.45) is 3.95. The molecular weight excluding hydrogens is 242 g/mol. The molecule has 0 radical (unpaired) electrons. The number of nitrogen functional groups attached to an aromatic ring is 1. The van der Waals surface area contributed by atoms with Gasteiger partial charge in [0, 0.05) is 11.8 Å². The number of aromatic nitrogens is 1. The average Bonchev–Trinajstić information content (AvgIpc) is 2.32. The van der Waals surface area contributed by atoms with Crippen molar-refractivity contribution in [3.05, 3.63) is 17.3 Å². The van der Waals surface area contributed by atoms with Crippen molar-refractivity contribution in [1.82, 2.24) is 4.98 Å². The zero-order valence-electron chi connectivity index (χ0n) is 9.08. The first kappa shape index (κ1) is 11.9. The molecular formula is C11H16ClN3S. The van der Waals surface area contributed by atoms with Gasteiger partial charge in [0.05, 0.1) is 5.69 Å². The molecule has 1 atom stereocenters. The van der Waals surface area contributed by atoms with Crippen molar-refractivity contribution in [2.24, 2.45) is 0 Å². The van der Waals surface area contributed by atoms with E-state index in [1.165, 1.54) is 25.0 Å². The number of nitrogens with two attached hydrogens (primary N) is 1. The molecule has 0 bridgehead atoms. The van der Waals surface area contributed by atoms with Crippen molar-refractivity contribution in [2.45, 2.75) is 24.5 Å². The van der Waals surface area contributed by atoms with E-state index >= 15 is 0 Å². The first-order chi connectivity index (χ1) is 7.75. The molecule has 0 amide bonds. The van der Waals surface area contributed by atoms with Crippen molar-refractivity contribution in [3.8, 4) is 0 Å². The van der Waals surface area contributed by atoms with Gasteiger partial charge in [-0.05, 0) is 30.7 Å². The second-order valence-corrected chi connectivity index (χ2v) is 5.74. The monoisotopic (exact) mass is 257 g/mol. The number of halogens is 1. The van der Waals surface area contributed by atoms with E-state index in [0.29, 0.717) is 21.9 Å². The van der Waals surface area contributed by atoms with Gasteiger partial charge >= 0.3 is 0 Å². The maximum absolute atomic E-state index is 5.83. The van der Waals surface area contributed by atoms with Crippen LogP contribution in [-0.2, 0) is 0 Å². The molecule has 1 aromatic heterocycles. The summed E-state index contributed by atoms with van der Waals surface area (Å²) in [4.78, 5) is 4.18. The number of hydrogen-bond donors (Lipinski definition) is 2. The first-order valence-electron chi connectivity index (χ1n) is 5.53. The SMILES string of the molecule is Nc1ccc(Cl)nc1NCC1CCCCS1. The normalized spacial score (nSPS) is 20.7. The number of nitrogens with zero attached hydrogens (tertiary/aromatic N) is 1. The minimum absolute atomic E-state index is 0.480. The lowest BCUT2D eigenvalue weighted by Gasteiger charge is -2.22. The molecule has 3 N–H and O–H groups in total. The van der Waals surface area contributed by atoms with E-state index < -0.39 is 0 Å². The highest BCUT2D eigenvalue weighted by molar-refractivity contribution is 7.99. The summed E-state index contributed by atoms with van der Waals surface area (Å²) >= 11 is 7.85. The van der Waals surface area contributed by atoms with Crippen molar-refractivity contribution in [1.29, 1.82) is 0 Å². The Morgan fingerprint density at radius 1 is 1.50 bits per heavy atom. The highest BCUT2D eigenvalue weighted by atomic mass is 35.5. The van der Waals surface area contributed by atoms with Crippen LogP contribution in [0.2, 0.25) is 5.15 Å². The number of anilines is 2. The maximum Gasteiger partial charge on any atom is 0.151 e. The van der Waals surface area contributed by atoms with Gasteiger partial charge in [0.15, 0.2) is 5.82 Å². The van der Waals surface area contributed by atoms with Gasteiger partial charge in [0.25, 0.3) is 0 Å². The van der Waals surface area contributed by atoms with Gasteiger partial charge in [0.2, 0.25) is 0 Å². The number of nitrogens with one attached hydrogen (secondary N) is 1. The topological polar surface area (TPSA) is 50.9 Å². The summed E-state index contributed by atoms with van der Waals surface area (Å²) in [5.41, 5.74) is 6.47. The summed E-state index contributed by atoms with van der Waals surface area (Å²) < 4.78 is 0. The quantitative estimate of drug-likeness (QED) is 0.818. The predicted molar refractivity (Wildman–Crippen MR) is 72.2 cm³/mol. The Labute approximate surface area is 105 Å². The molecule has 1 fully saturated rings. The van der Waals surface area contributed by atoms with Crippen LogP contribution < -0.4 is 11.1 Å². The molecule has 1 aromatic rings. The number of hydrogen-bond acceptors (Lipinski definition) is 4. The van der Waals surface area contributed by atoms with E-state index in [9.17, 15) is 0 Å². The third kappa shape index (κ3) is 3.19. The van der Waals surface area contributed by atoms with E-state index in [2.05, 4.69) is 10.3 Å². The largest absolute Gasteiger partial charge is 0.396 e. The second-order valence-electron chi connectivity index (χ2n) is 3.94. The molecule has 1 aliphatic heterocycles. The Hall–Kier alpha value is -0.610. The molecule has 0 aliphatic carbocycles. The first-order valence-corrected chi connectivity index (χ1v) is 6.96. The number of rotatable bonds is 3. The standard InChI is InChI=1S/C11H16ClN3S/c12-10-5-4-9(13)11(15-10)14-7-8-3-1-2-6-16-8/h4-5,8H,1-3,6-7,13H2,(H,14,15). The van der Waals surface area contributed by atoms with Crippen molar-refractivity contribution >= 4 is 34.9 Å². The minimum atomic E-state index is 0.480. The van der Waals surface area contributed by atoms with Crippen LogP contribution in [-0.4, -0.2) is 22.5 Å². The van der Waals surface area contributed by atoms with Crippen molar-refractivity contribution in [2.75, 3.05) is 23.3 Å². The summed E-state index contributed by atoms with van der Waals surface area (Å²) in [6, 6.07) is 3.49. The Morgan fingerprint density at radius 3 is 3.12 bits per heavy atom. The van der Waals surface area contributed by atoms with Gasteiger partial charge in [-0.15, -0.1) is 0 Å². The van der Waals surface area contributed by atoms with Crippen LogP contribution >= 0.6 is 23.4 Å². The number of pyridine rings is 1. The van der Waals surface area contributed by atoms with Crippen LogP contribution in [0.4, 0.5) is 11.5 Å². The predicted octanol–water partition coefficient (Wildman–Crippen LogP) is 3.01. The van der Waals surface area contributed by atoms with E-state index in [1.807, 2.05) is 11.8 Å². The average molecular weight is 258 g/mol. The molecule has 1 saturated heterocycles. The molecule has 0 aromatic carbocycles. The van der Waals surface area contributed by atoms with Crippen LogP contribution in [0.25, 0.3) is 0 Å². The lowest BCUT2D eigenvalue weighted by atomic mass is 10.2. The lowest BCUT2D eigenvalue weighted by molar-refractivity contribution is 0.677. The highest BCUT2D eigenvalue weighted by Gasteiger charge is 2.14. The van der Waals surface area contributed by atoms with Crippen molar-refractivity contribution in [3.63, 3.8) is 0 Å². The Morgan fingerprint density at radius 2 is 2.38 bits per heavy atom. The van der Waals surface area contributed by atoms with Gasteiger partial charge < -0.3 is 11.1 Å². The Kier molecular flexibility index (Phi) is 4.18. The van der Waals surface area contributed by atoms with Gasteiger partial charge in [-0.1, -0.05) is 18.0 Å². The molecule has 16 heavy (non-hydrogen) atoms. The van der Waals surface area contributed by atoms with Crippen LogP contribution in [0.1, 0.15) is 19.3 Å². The Balaban J connectivity index is 1.90. The van der Waals surface area contributed by atoms with Crippen LogP contribution in [0.15, 0.2) is 12.1 Å². The fraction of sp³-hybridized carbons (Fsp3) is 0.545. The molecule has 1 unspecified atom stereocenters. The highest BCUT2D eigenvalue weighted by Crippen LogP contribution is 2.26. The summed E-state index contributed by atoms with van der Waals surface area (Å²) in [5, 5.41) is 4.44. The van der Waals surface area contributed by atoms with E-state index in [-0.39, 0.29) is 0 Å². The lowest BCUT2D eigenvalue weighted by Crippen LogP contribution is -2.21. The van der Waals surface area contributed by atoms with Crippen LogP contribution in [0.5, 0.6) is 0 Å². The zero-order chi connectivity index (χ0) is 11.4. The second kappa shape index (κ2) is 5.64. The fourth-order valence-electron chi connectivity index (χ4n) is 1.77. The minimum Gasteiger partial charge on any atom is -0.396 e. The van der Waals surface area contributed by atoms with E-state index in [1.54, 1.807) is 12.1 Å². The molecule has 2 rings (SSSR count). The molecule has 5 heteroatoms. The van der Waals surface area contributed by atoms with Gasteiger partial charge in [0.1, 0.15) is 5.15 Å². The summed E-state index contributed by atoms with van der Waals surface area (Å²) in [7, 11) is 0. The number of thioether (sulfide) groups is 1. The molecule has 0 saturated carbocycles. The van der Waals surface area contributed by atoms with Crippen molar-refractivity contribution < 1.29 is 0 Å². The Bertz CT molecular complexity index is 353. The smallest absolute Gasteiger partial charge is 0.151 e. The molecule has 0 spiro atoms. The zero-order valence-corrected chi connectivity index (χ0v) is 10.7. The molecule has 1 aliphatic rings. The fourth-order valence-corrected chi connectivity index (χ4v) is 3.15. The molecule has 88 valence electrons. The van der Waals surface area contributed by atoms with Gasteiger partial charge in [-0.2, -0.15) is 11.8 Å². The van der Waals surface area contributed by atoms with Gasteiger partial charge in [-0.25, -0.2) is 4.98 Å². The summed E-state index contributed by atoms with van der Waals surface area (Å²) in [5.74, 6) is 1.98.